The molecule has 0 atom stereocenters. The standard InChI is InChI=1S/C15H13BrFNO/c16-12-2-4-14(11(7-12)9-19)18-6-5-10-1-3-13(17)8-15(10)18/h1-4,7-8,19H,5-6,9H2. The van der Waals surface area contributed by atoms with Crippen molar-refractivity contribution in [2.45, 2.75) is 13.0 Å². The SMILES string of the molecule is OCc1cc(Br)ccc1N1CCc2ccc(F)cc21. The Morgan fingerprint density at radius 2 is 2.00 bits per heavy atom. The number of halogens is 2. The molecule has 4 heteroatoms. The van der Waals surface area contributed by atoms with Gasteiger partial charge in [-0.25, -0.2) is 4.39 Å². The summed E-state index contributed by atoms with van der Waals surface area (Å²) in [6, 6.07) is 10.7. The van der Waals surface area contributed by atoms with E-state index in [0.717, 1.165) is 39.9 Å². The van der Waals surface area contributed by atoms with Crippen LogP contribution in [-0.2, 0) is 13.0 Å². The monoisotopic (exact) mass is 321 g/mol. The summed E-state index contributed by atoms with van der Waals surface area (Å²) in [5, 5.41) is 9.48. The molecule has 0 saturated carbocycles. The lowest BCUT2D eigenvalue weighted by atomic mass is 10.1. The molecule has 1 heterocycles. The summed E-state index contributed by atoms with van der Waals surface area (Å²) in [5.74, 6) is -0.228. The van der Waals surface area contributed by atoms with Gasteiger partial charge in [0.15, 0.2) is 0 Å². The van der Waals surface area contributed by atoms with Gasteiger partial charge >= 0.3 is 0 Å². The summed E-state index contributed by atoms with van der Waals surface area (Å²) in [7, 11) is 0. The van der Waals surface area contributed by atoms with Gasteiger partial charge in [0.1, 0.15) is 5.82 Å². The van der Waals surface area contributed by atoms with Crippen molar-refractivity contribution in [2.24, 2.45) is 0 Å². The first-order valence-electron chi connectivity index (χ1n) is 6.14. The van der Waals surface area contributed by atoms with E-state index < -0.39 is 0 Å². The van der Waals surface area contributed by atoms with Gasteiger partial charge in [0.2, 0.25) is 0 Å². The van der Waals surface area contributed by atoms with Gasteiger partial charge in [0.05, 0.1) is 6.61 Å². The maximum Gasteiger partial charge on any atom is 0.125 e. The van der Waals surface area contributed by atoms with Crippen LogP contribution in [0.1, 0.15) is 11.1 Å². The van der Waals surface area contributed by atoms with Crippen molar-refractivity contribution in [3.8, 4) is 0 Å². The third kappa shape index (κ3) is 2.26. The number of rotatable bonds is 2. The summed E-state index contributed by atoms with van der Waals surface area (Å²) in [4.78, 5) is 2.07. The molecule has 98 valence electrons. The van der Waals surface area contributed by atoms with Crippen LogP contribution in [0.3, 0.4) is 0 Å². The molecule has 1 aliphatic heterocycles. The molecule has 0 aromatic heterocycles. The summed E-state index contributed by atoms with van der Waals surface area (Å²) >= 11 is 3.40. The van der Waals surface area contributed by atoms with E-state index in [-0.39, 0.29) is 12.4 Å². The number of nitrogens with zero attached hydrogens (tertiary/aromatic N) is 1. The highest BCUT2D eigenvalue weighted by atomic mass is 79.9. The highest BCUT2D eigenvalue weighted by Crippen LogP contribution is 2.37. The molecule has 1 N–H and O–H groups in total. The van der Waals surface area contributed by atoms with Crippen molar-refractivity contribution in [2.75, 3.05) is 11.4 Å². The van der Waals surface area contributed by atoms with Crippen molar-refractivity contribution in [3.63, 3.8) is 0 Å². The Bertz CT molecular complexity index is 630. The van der Waals surface area contributed by atoms with Gasteiger partial charge in [-0.1, -0.05) is 22.0 Å². The molecule has 2 nitrogen and oxygen atoms in total. The van der Waals surface area contributed by atoms with Gasteiger partial charge in [0, 0.05) is 28.0 Å². The second-order valence-corrected chi connectivity index (χ2v) is 5.52. The molecule has 0 bridgehead atoms. The van der Waals surface area contributed by atoms with Crippen LogP contribution >= 0.6 is 15.9 Å². The molecule has 0 spiro atoms. The van der Waals surface area contributed by atoms with Crippen molar-refractivity contribution in [1.29, 1.82) is 0 Å². The number of fused-ring (bicyclic) bond motifs is 1. The zero-order valence-electron chi connectivity index (χ0n) is 10.2. The molecule has 0 aliphatic carbocycles. The second-order valence-electron chi connectivity index (χ2n) is 4.61. The van der Waals surface area contributed by atoms with E-state index in [9.17, 15) is 9.50 Å². The van der Waals surface area contributed by atoms with Crippen LogP contribution in [0.15, 0.2) is 40.9 Å². The minimum absolute atomic E-state index is 0.0318. The smallest absolute Gasteiger partial charge is 0.125 e. The third-order valence-corrected chi connectivity index (χ3v) is 3.94. The summed E-state index contributed by atoms with van der Waals surface area (Å²) in [6.07, 6.45) is 0.899. The Balaban J connectivity index is 2.08. The first-order chi connectivity index (χ1) is 9.19. The quantitative estimate of drug-likeness (QED) is 0.910. The molecule has 2 aromatic carbocycles. The Kier molecular flexibility index (Phi) is 3.29. The average molecular weight is 322 g/mol. The lowest BCUT2D eigenvalue weighted by Gasteiger charge is -2.22. The fraction of sp³-hybridized carbons (Fsp3) is 0.200. The fourth-order valence-electron chi connectivity index (χ4n) is 2.55. The van der Waals surface area contributed by atoms with E-state index in [2.05, 4.69) is 20.8 Å². The highest BCUT2D eigenvalue weighted by molar-refractivity contribution is 9.10. The third-order valence-electron chi connectivity index (χ3n) is 3.45. The lowest BCUT2D eigenvalue weighted by Crippen LogP contribution is -2.15. The molecule has 0 radical (unpaired) electrons. The largest absolute Gasteiger partial charge is 0.392 e. The Morgan fingerprint density at radius 1 is 1.16 bits per heavy atom. The Labute approximate surface area is 119 Å². The summed E-state index contributed by atoms with van der Waals surface area (Å²) in [6.45, 7) is 0.781. The molecule has 2 aromatic rings. The fourth-order valence-corrected chi connectivity index (χ4v) is 2.96. The number of aliphatic hydroxyl groups excluding tert-OH is 1. The van der Waals surface area contributed by atoms with E-state index in [4.69, 9.17) is 0 Å². The van der Waals surface area contributed by atoms with Gasteiger partial charge in [-0.05, 0) is 42.3 Å². The molecule has 0 amide bonds. The molecule has 0 unspecified atom stereocenters. The van der Waals surface area contributed by atoms with Gasteiger partial charge in [-0.15, -0.1) is 0 Å². The van der Waals surface area contributed by atoms with E-state index in [1.165, 1.54) is 6.07 Å². The minimum atomic E-state index is -0.228. The van der Waals surface area contributed by atoms with Gasteiger partial charge in [-0.3, -0.25) is 0 Å². The van der Waals surface area contributed by atoms with Crippen molar-refractivity contribution < 1.29 is 9.50 Å². The predicted molar refractivity (Wildman–Crippen MR) is 77.2 cm³/mol. The molecular formula is C15H13BrFNO. The first-order valence-corrected chi connectivity index (χ1v) is 6.93. The lowest BCUT2D eigenvalue weighted by molar-refractivity contribution is 0.282. The highest BCUT2D eigenvalue weighted by Gasteiger charge is 2.22. The van der Waals surface area contributed by atoms with Crippen LogP contribution in [-0.4, -0.2) is 11.7 Å². The van der Waals surface area contributed by atoms with E-state index in [1.807, 2.05) is 24.3 Å². The van der Waals surface area contributed by atoms with Crippen LogP contribution in [0.2, 0.25) is 0 Å². The molecule has 0 saturated heterocycles. The second kappa shape index (κ2) is 4.94. The van der Waals surface area contributed by atoms with Gasteiger partial charge in [0.25, 0.3) is 0 Å². The van der Waals surface area contributed by atoms with Crippen molar-refractivity contribution >= 4 is 27.3 Å². The van der Waals surface area contributed by atoms with E-state index in [1.54, 1.807) is 6.07 Å². The topological polar surface area (TPSA) is 23.5 Å². The molecular weight excluding hydrogens is 309 g/mol. The average Bonchev–Trinajstić information content (AvgIpc) is 2.81. The molecule has 3 rings (SSSR count). The maximum atomic E-state index is 13.4. The van der Waals surface area contributed by atoms with Crippen LogP contribution in [0.25, 0.3) is 0 Å². The number of benzene rings is 2. The zero-order valence-corrected chi connectivity index (χ0v) is 11.8. The normalized spacial score (nSPS) is 13.7. The van der Waals surface area contributed by atoms with Gasteiger partial charge < -0.3 is 10.0 Å². The Morgan fingerprint density at radius 3 is 2.79 bits per heavy atom. The summed E-state index contributed by atoms with van der Waals surface area (Å²) in [5.41, 5.74) is 3.83. The molecule has 19 heavy (non-hydrogen) atoms. The van der Waals surface area contributed by atoms with Crippen LogP contribution in [0, 0.1) is 5.82 Å². The van der Waals surface area contributed by atoms with Crippen molar-refractivity contribution in [1.82, 2.24) is 0 Å². The molecule has 1 aliphatic rings. The van der Waals surface area contributed by atoms with Crippen molar-refractivity contribution in [3.05, 3.63) is 57.8 Å². The number of anilines is 2. The molecule has 0 fully saturated rings. The maximum absolute atomic E-state index is 13.4. The number of hydrogen-bond donors (Lipinski definition) is 1. The number of hydrogen-bond acceptors (Lipinski definition) is 2. The van der Waals surface area contributed by atoms with Crippen LogP contribution in [0.5, 0.6) is 0 Å². The van der Waals surface area contributed by atoms with Crippen LogP contribution < -0.4 is 4.90 Å². The first kappa shape index (κ1) is 12.6. The number of aliphatic hydroxyl groups is 1. The van der Waals surface area contributed by atoms with E-state index in [0.29, 0.717) is 0 Å². The Hall–Kier alpha value is -1.39. The van der Waals surface area contributed by atoms with E-state index >= 15 is 0 Å². The van der Waals surface area contributed by atoms with Gasteiger partial charge in [-0.2, -0.15) is 0 Å². The predicted octanol–water partition coefficient (Wildman–Crippen LogP) is 3.77. The minimum Gasteiger partial charge on any atom is -0.392 e. The zero-order chi connectivity index (χ0) is 13.4. The summed E-state index contributed by atoms with van der Waals surface area (Å²) < 4.78 is 14.3. The van der Waals surface area contributed by atoms with Crippen LogP contribution in [0.4, 0.5) is 15.8 Å².